The molecule has 6 nitrogen and oxygen atoms in total. The number of benzene rings is 1. The molecule has 0 spiro atoms. The van der Waals surface area contributed by atoms with Crippen molar-refractivity contribution in [2.45, 2.75) is 39.3 Å². The minimum Gasteiger partial charge on any atom is -0.298 e. The lowest BCUT2D eigenvalue weighted by atomic mass is 10.1. The molecule has 2 aromatic rings. The molecule has 2 aliphatic rings. The van der Waals surface area contributed by atoms with E-state index in [9.17, 15) is 4.79 Å². The topological polar surface area (TPSA) is 70.0 Å². The third-order valence-electron chi connectivity index (χ3n) is 4.68. The van der Waals surface area contributed by atoms with Crippen LogP contribution in [0.15, 0.2) is 52.6 Å². The first-order chi connectivity index (χ1) is 13.7. The molecule has 1 atom stereocenters. The zero-order valence-electron chi connectivity index (χ0n) is 16.1. The van der Waals surface area contributed by atoms with E-state index in [1.165, 1.54) is 12.8 Å². The second kappa shape index (κ2) is 8.14. The quantitative estimate of drug-likeness (QED) is 0.793. The van der Waals surface area contributed by atoms with Crippen LogP contribution in [0.1, 0.15) is 43.7 Å². The Morgan fingerprint density at radius 2 is 2.00 bits per heavy atom. The van der Waals surface area contributed by atoms with Crippen molar-refractivity contribution >= 4 is 28.5 Å². The van der Waals surface area contributed by atoms with Crippen LogP contribution in [-0.2, 0) is 4.79 Å². The summed E-state index contributed by atoms with van der Waals surface area (Å²) in [6, 6.07) is 13.5. The minimum absolute atomic E-state index is 0.145. The average Bonchev–Trinajstić information content (AvgIpc) is 2.70. The van der Waals surface area contributed by atoms with Crippen LogP contribution >= 0.6 is 11.8 Å². The van der Waals surface area contributed by atoms with E-state index in [2.05, 4.69) is 17.2 Å². The van der Waals surface area contributed by atoms with Crippen molar-refractivity contribution in [2.75, 3.05) is 5.75 Å². The van der Waals surface area contributed by atoms with Crippen molar-refractivity contribution in [1.29, 1.82) is 0 Å². The molecule has 144 valence electrons. The van der Waals surface area contributed by atoms with Gasteiger partial charge in [-0.1, -0.05) is 55.8 Å². The number of thioether (sulfide) groups is 1. The Balaban J connectivity index is 1.78. The maximum atomic E-state index is 13.0. The largest absolute Gasteiger partial charge is 0.298 e. The molecule has 2 aliphatic heterocycles. The number of fused-ring (bicyclic) bond motifs is 2. The maximum absolute atomic E-state index is 13.0. The van der Waals surface area contributed by atoms with Gasteiger partial charge >= 0.3 is 0 Å². The van der Waals surface area contributed by atoms with Crippen molar-refractivity contribution in [3.63, 3.8) is 0 Å². The maximum Gasteiger partial charge on any atom is 0.276 e. The summed E-state index contributed by atoms with van der Waals surface area (Å²) in [5.74, 6) is 0.782. The monoisotopic (exact) mass is 393 g/mol. The number of unbranched alkanes of at least 4 members (excludes halogenated alkanes) is 2. The summed E-state index contributed by atoms with van der Waals surface area (Å²) < 4.78 is 0. The third-order valence-corrected chi connectivity index (χ3v) is 5.63. The van der Waals surface area contributed by atoms with Crippen LogP contribution in [0, 0.1) is 6.92 Å². The Morgan fingerprint density at radius 3 is 2.82 bits per heavy atom. The highest BCUT2D eigenvalue weighted by Gasteiger charge is 2.34. The average molecular weight is 394 g/mol. The van der Waals surface area contributed by atoms with Gasteiger partial charge in [0.25, 0.3) is 5.91 Å². The first-order valence-corrected chi connectivity index (χ1v) is 10.6. The highest BCUT2D eigenvalue weighted by Crippen LogP contribution is 2.29. The van der Waals surface area contributed by atoms with Gasteiger partial charge in [-0.2, -0.15) is 0 Å². The number of amides is 1. The summed E-state index contributed by atoms with van der Waals surface area (Å²) in [4.78, 5) is 22.5. The number of aromatic nitrogens is 1. The van der Waals surface area contributed by atoms with E-state index in [-0.39, 0.29) is 5.91 Å². The highest BCUT2D eigenvalue weighted by molar-refractivity contribution is 8.13. The van der Waals surface area contributed by atoms with Crippen LogP contribution in [0.25, 0.3) is 5.70 Å². The first kappa shape index (κ1) is 18.7. The van der Waals surface area contributed by atoms with Crippen LogP contribution in [0.5, 0.6) is 0 Å². The van der Waals surface area contributed by atoms with Crippen molar-refractivity contribution < 1.29 is 4.79 Å². The molecule has 1 amide bonds. The van der Waals surface area contributed by atoms with Crippen LogP contribution in [0.4, 0.5) is 0 Å². The summed E-state index contributed by atoms with van der Waals surface area (Å²) in [6.45, 7) is 4.13. The zero-order chi connectivity index (χ0) is 19.5. The molecule has 1 N–H and O–H groups in total. The number of carbonyl (C=O) groups is 1. The van der Waals surface area contributed by atoms with E-state index in [4.69, 9.17) is 10.1 Å². The summed E-state index contributed by atoms with van der Waals surface area (Å²) >= 11 is 1.58. The molecule has 0 fully saturated rings. The SMILES string of the molecule is CCCCCSC1=NN2C(=c3ccccc3=N[C@@H]2c2cccc(C)n2)C(=O)N1. The van der Waals surface area contributed by atoms with E-state index in [1.807, 2.05) is 49.4 Å². The van der Waals surface area contributed by atoms with E-state index in [0.717, 1.165) is 34.1 Å². The van der Waals surface area contributed by atoms with Gasteiger partial charge in [-0.15, -0.1) is 5.10 Å². The Morgan fingerprint density at radius 1 is 1.14 bits per heavy atom. The lowest BCUT2D eigenvalue weighted by Gasteiger charge is -2.33. The van der Waals surface area contributed by atoms with Gasteiger partial charge in [0, 0.05) is 16.7 Å². The number of amidine groups is 1. The predicted octanol–water partition coefficient (Wildman–Crippen LogP) is 2.46. The number of rotatable bonds is 5. The summed E-state index contributed by atoms with van der Waals surface area (Å²) in [6.07, 6.45) is 2.98. The number of hydrogen-bond acceptors (Lipinski definition) is 6. The van der Waals surface area contributed by atoms with Crippen LogP contribution in [0.2, 0.25) is 0 Å². The number of aryl methyl sites for hydroxylation is 1. The second-order valence-electron chi connectivity index (χ2n) is 6.83. The summed E-state index contributed by atoms with van der Waals surface area (Å²) in [5, 5.41) is 11.6. The summed E-state index contributed by atoms with van der Waals surface area (Å²) in [5.41, 5.74) is 2.21. The molecule has 1 aromatic heterocycles. The molecule has 0 radical (unpaired) electrons. The Hall–Kier alpha value is -2.67. The first-order valence-electron chi connectivity index (χ1n) is 9.60. The molecule has 4 rings (SSSR count). The van der Waals surface area contributed by atoms with Gasteiger partial charge in [-0.3, -0.25) is 20.1 Å². The second-order valence-corrected chi connectivity index (χ2v) is 7.92. The van der Waals surface area contributed by atoms with Crippen LogP contribution < -0.4 is 15.9 Å². The summed E-state index contributed by atoms with van der Waals surface area (Å²) in [7, 11) is 0. The fourth-order valence-corrected chi connectivity index (χ4v) is 4.17. The standard InChI is InChI=1S/C21H23N5OS/c1-3-4-7-13-28-21-24-20(27)18-15-10-5-6-11-16(15)23-19(26(18)25-21)17-12-8-9-14(2)22-17/h5-6,8-12,19H,3-4,7,13H2,1-2H3,(H,24,25,27)/t19-/m0/s1. The fourth-order valence-electron chi connectivity index (χ4n) is 3.31. The van der Waals surface area contributed by atoms with Crippen molar-refractivity contribution in [1.82, 2.24) is 15.3 Å². The van der Waals surface area contributed by atoms with E-state index < -0.39 is 6.17 Å². The Labute approximate surface area is 168 Å². The number of para-hydroxylation sites is 1. The van der Waals surface area contributed by atoms with Gasteiger partial charge in [-0.05, 0) is 31.5 Å². The van der Waals surface area contributed by atoms with Gasteiger partial charge in [-0.25, -0.2) is 5.01 Å². The molecule has 0 saturated heterocycles. The van der Waals surface area contributed by atoms with Crippen molar-refractivity contribution in [3.05, 3.63) is 64.4 Å². The molecule has 7 heteroatoms. The molecular weight excluding hydrogens is 370 g/mol. The molecule has 1 aromatic carbocycles. The lowest BCUT2D eigenvalue weighted by Crippen LogP contribution is -2.50. The van der Waals surface area contributed by atoms with E-state index in [0.29, 0.717) is 10.9 Å². The van der Waals surface area contributed by atoms with Gasteiger partial charge < -0.3 is 0 Å². The van der Waals surface area contributed by atoms with Gasteiger partial charge in [0.05, 0.1) is 11.1 Å². The number of pyridine rings is 1. The van der Waals surface area contributed by atoms with Crippen LogP contribution in [-0.4, -0.2) is 26.8 Å². The van der Waals surface area contributed by atoms with Gasteiger partial charge in [0.1, 0.15) is 5.70 Å². The smallest absolute Gasteiger partial charge is 0.276 e. The lowest BCUT2D eigenvalue weighted by molar-refractivity contribution is -0.116. The molecule has 0 unspecified atom stereocenters. The van der Waals surface area contributed by atoms with Gasteiger partial charge in [0.2, 0.25) is 0 Å². The molecule has 3 heterocycles. The number of hydrazone groups is 1. The van der Waals surface area contributed by atoms with Crippen LogP contribution in [0.3, 0.4) is 0 Å². The fraction of sp³-hybridized carbons (Fsp3) is 0.333. The van der Waals surface area contributed by atoms with E-state index in [1.54, 1.807) is 16.8 Å². The highest BCUT2D eigenvalue weighted by atomic mass is 32.2. The van der Waals surface area contributed by atoms with Crippen molar-refractivity contribution in [3.8, 4) is 0 Å². The Bertz CT molecular complexity index is 1050. The number of nitrogens with one attached hydrogen (secondary N) is 1. The molecule has 28 heavy (non-hydrogen) atoms. The number of nitrogens with zero attached hydrogens (tertiary/aromatic N) is 4. The third kappa shape index (κ3) is 3.67. The zero-order valence-corrected chi connectivity index (χ0v) is 16.9. The number of hydrogen-bond donors (Lipinski definition) is 1. The normalized spacial score (nSPS) is 18.0. The predicted molar refractivity (Wildman–Crippen MR) is 112 cm³/mol. The van der Waals surface area contributed by atoms with E-state index >= 15 is 0 Å². The Kier molecular flexibility index (Phi) is 5.43. The number of carbonyl (C=O) groups excluding carboxylic acids is 1. The minimum atomic E-state index is -0.456. The molecule has 0 bridgehead atoms. The molecule has 0 aliphatic carbocycles. The molecular formula is C21H23N5OS. The van der Waals surface area contributed by atoms with Crippen molar-refractivity contribution in [2.24, 2.45) is 10.1 Å². The van der Waals surface area contributed by atoms with Gasteiger partial charge in [0.15, 0.2) is 11.3 Å². The molecule has 0 saturated carbocycles.